The summed E-state index contributed by atoms with van der Waals surface area (Å²) in [5, 5.41) is 12.1. The van der Waals surface area contributed by atoms with Gasteiger partial charge in [-0.25, -0.2) is 0 Å². The highest BCUT2D eigenvalue weighted by molar-refractivity contribution is 8.05. The van der Waals surface area contributed by atoms with E-state index in [1.807, 2.05) is 6.07 Å². The molecule has 90 valence electrons. The second kappa shape index (κ2) is 4.71. The van der Waals surface area contributed by atoms with Crippen molar-refractivity contribution in [1.82, 2.24) is 0 Å². The van der Waals surface area contributed by atoms with Crippen LogP contribution in [0, 0.1) is 0 Å². The summed E-state index contributed by atoms with van der Waals surface area (Å²) in [4.78, 5) is 5.06. The summed E-state index contributed by atoms with van der Waals surface area (Å²) in [6, 6.07) is 14.6. The van der Waals surface area contributed by atoms with Gasteiger partial charge in [0.1, 0.15) is 0 Å². The fraction of sp³-hybridized carbons (Fsp3) is 0.0714. The monoisotopic (exact) mass is 273 g/mol. The largest absolute Gasteiger partial charge is 0.411 e. The fourth-order valence-electron chi connectivity index (χ4n) is 1.81. The van der Waals surface area contributed by atoms with Crippen LogP contribution in [-0.2, 0) is 0 Å². The van der Waals surface area contributed by atoms with Crippen molar-refractivity contribution in [2.24, 2.45) is 5.16 Å². The van der Waals surface area contributed by atoms with Gasteiger partial charge in [0, 0.05) is 25.1 Å². The van der Waals surface area contributed by atoms with Gasteiger partial charge in [-0.3, -0.25) is 0 Å². The number of fused-ring (bicyclic) bond motifs is 2. The Morgan fingerprint density at radius 2 is 1.56 bits per heavy atom. The molecule has 2 aromatic carbocycles. The molecule has 2 aromatic rings. The number of rotatable bonds is 1. The number of nitrogens with zero attached hydrogens (tertiary/aromatic N) is 1. The van der Waals surface area contributed by atoms with E-state index in [1.54, 1.807) is 30.4 Å². The van der Waals surface area contributed by atoms with Crippen LogP contribution in [0.15, 0.2) is 67.2 Å². The molecule has 0 amide bonds. The van der Waals surface area contributed by atoms with Crippen molar-refractivity contribution in [3.63, 3.8) is 0 Å². The molecule has 0 bridgehead atoms. The molecular formula is C14H11NOS2. The summed E-state index contributed by atoms with van der Waals surface area (Å²) in [7, 11) is 0. The van der Waals surface area contributed by atoms with Crippen LogP contribution in [0.4, 0.5) is 0 Å². The Balaban J connectivity index is 2.03. The zero-order valence-electron chi connectivity index (χ0n) is 9.75. The lowest BCUT2D eigenvalue weighted by Gasteiger charge is -2.18. The first-order chi connectivity index (χ1) is 8.78. The van der Waals surface area contributed by atoms with Crippen LogP contribution in [-0.4, -0.2) is 10.9 Å². The molecule has 0 fully saturated rings. The minimum Gasteiger partial charge on any atom is -0.411 e. The van der Waals surface area contributed by atoms with Gasteiger partial charge in [-0.2, -0.15) is 0 Å². The number of hydrogen-bond donors (Lipinski definition) is 1. The van der Waals surface area contributed by atoms with Gasteiger partial charge in [0.05, 0.1) is 5.71 Å². The van der Waals surface area contributed by atoms with Crippen molar-refractivity contribution >= 4 is 29.2 Å². The normalized spacial score (nSPS) is 13.9. The van der Waals surface area contributed by atoms with E-state index < -0.39 is 0 Å². The van der Waals surface area contributed by atoms with Gasteiger partial charge in [-0.1, -0.05) is 46.9 Å². The van der Waals surface area contributed by atoms with Crippen molar-refractivity contribution in [2.75, 3.05) is 0 Å². The summed E-state index contributed by atoms with van der Waals surface area (Å²) in [6.45, 7) is 1.80. The smallest absolute Gasteiger partial charge is 0.0837 e. The van der Waals surface area contributed by atoms with Crippen LogP contribution in [0.25, 0.3) is 0 Å². The molecule has 18 heavy (non-hydrogen) atoms. The summed E-state index contributed by atoms with van der Waals surface area (Å²) in [5.41, 5.74) is 1.60. The quantitative estimate of drug-likeness (QED) is 0.402. The highest BCUT2D eigenvalue weighted by atomic mass is 32.2. The van der Waals surface area contributed by atoms with Crippen molar-refractivity contribution in [3.05, 3.63) is 48.0 Å². The van der Waals surface area contributed by atoms with Crippen molar-refractivity contribution in [3.8, 4) is 0 Å². The standard InChI is InChI=1S/C14H11NOS2/c1-9(15-16)10-6-7-13-14(8-10)18-12-5-3-2-4-11(12)17-13/h2-8,16H,1H3. The minimum absolute atomic E-state index is 0.641. The van der Waals surface area contributed by atoms with Crippen molar-refractivity contribution in [2.45, 2.75) is 26.5 Å². The first-order valence-corrected chi connectivity index (χ1v) is 7.19. The highest BCUT2D eigenvalue weighted by Gasteiger charge is 2.17. The Morgan fingerprint density at radius 1 is 0.944 bits per heavy atom. The third-order valence-electron chi connectivity index (χ3n) is 2.80. The van der Waals surface area contributed by atoms with Crippen LogP contribution < -0.4 is 0 Å². The van der Waals surface area contributed by atoms with Crippen LogP contribution in [0.2, 0.25) is 0 Å². The second-order valence-corrected chi connectivity index (χ2v) is 6.17. The van der Waals surface area contributed by atoms with Gasteiger partial charge in [0.25, 0.3) is 0 Å². The minimum atomic E-state index is 0.641. The average Bonchev–Trinajstić information content (AvgIpc) is 2.43. The van der Waals surface area contributed by atoms with E-state index in [0.29, 0.717) is 5.71 Å². The molecule has 1 aliphatic heterocycles. The number of oxime groups is 1. The lowest BCUT2D eigenvalue weighted by molar-refractivity contribution is 0.319. The van der Waals surface area contributed by atoms with E-state index in [1.165, 1.54) is 19.6 Å². The van der Waals surface area contributed by atoms with Gasteiger partial charge in [0.15, 0.2) is 0 Å². The predicted octanol–water partition coefficient (Wildman–Crippen LogP) is 4.50. The lowest BCUT2D eigenvalue weighted by atomic mass is 10.1. The fourth-order valence-corrected chi connectivity index (χ4v) is 4.07. The molecule has 1 N–H and O–H groups in total. The Labute approximate surface area is 114 Å². The summed E-state index contributed by atoms with van der Waals surface area (Å²) in [5.74, 6) is 0. The Bertz CT molecular complexity index is 637. The maximum atomic E-state index is 8.83. The van der Waals surface area contributed by atoms with E-state index >= 15 is 0 Å². The topological polar surface area (TPSA) is 32.6 Å². The maximum Gasteiger partial charge on any atom is 0.0837 e. The molecule has 0 saturated heterocycles. The van der Waals surface area contributed by atoms with Crippen molar-refractivity contribution < 1.29 is 5.21 Å². The zero-order chi connectivity index (χ0) is 12.5. The van der Waals surface area contributed by atoms with Gasteiger partial charge < -0.3 is 5.21 Å². The number of hydrogen-bond acceptors (Lipinski definition) is 4. The summed E-state index contributed by atoms with van der Waals surface area (Å²) >= 11 is 3.55. The SMILES string of the molecule is CC(=NO)c1ccc2c(c1)Sc1ccccc1S2. The number of benzene rings is 2. The third kappa shape index (κ3) is 2.02. The van der Waals surface area contributed by atoms with Gasteiger partial charge >= 0.3 is 0 Å². The van der Waals surface area contributed by atoms with Crippen LogP contribution in [0.1, 0.15) is 12.5 Å². The first kappa shape index (κ1) is 11.7. The van der Waals surface area contributed by atoms with E-state index in [0.717, 1.165) is 5.56 Å². The van der Waals surface area contributed by atoms with E-state index in [2.05, 4.69) is 41.6 Å². The lowest BCUT2D eigenvalue weighted by Crippen LogP contribution is -1.97. The molecule has 1 heterocycles. The van der Waals surface area contributed by atoms with Gasteiger partial charge in [0.2, 0.25) is 0 Å². The molecule has 2 nitrogen and oxygen atoms in total. The molecule has 0 aliphatic carbocycles. The second-order valence-electron chi connectivity index (χ2n) is 4.00. The molecule has 0 atom stereocenters. The molecule has 0 spiro atoms. The van der Waals surface area contributed by atoms with E-state index in [9.17, 15) is 0 Å². The molecular weight excluding hydrogens is 262 g/mol. The van der Waals surface area contributed by atoms with Crippen molar-refractivity contribution in [1.29, 1.82) is 0 Å². The zero-order valence-corrected chi connectivity index (χ0v) is 11.4. The van der Waals surface area contributed by atoms with E-state index in [4.69, 9.17) is 5.21 Å². The molecule has 0 unspecified atom stereocenters. The molecule has 4 heteroatoms. The Hall–Kier alpha value is -1.39. The average molecular weight is 273 g/mol. The summed E-state index contributed by atoms with van der Waals surface area (Å²) < 4.78 is 0. The van der Waals surface area contributed by atoms with Gasteiger partial charge in [-0.15, -0.1) is 0 Å². The predicted molar refractivity (Wildman–Crippen MR) is 75.1 cm³/mol. The van der Waals surface area contributed by atoms with Crippen LogP contribution >= 0.6 is 23.5 Å². The Kier molecular flexibility index (Phi) is 3.06. The first-order valence-electron chi connectivity index (χ1n) is 5.56. The molecule has 0 aromatic heterocycles. The van der Waals surface area contributed by atoms with Gasteiger partial charge in [-0.05, 0) is 31.2 Å². The van der Waals surface area contributed by atoms with E-state index in [-0.39, 0.29) is 0 Å². The summed E-state index contributed by atoms with van der Waals surface area (Å²) in [6.07, 6.45) is 0. The highest BCUT2D eigenvalue weighted by Crippen LogP contribution is 2.48. The van der Waals surface area contributed by atoms with Crippen LogP contribution in [0.5, 0.6) is 0 Å². The van der Waals surface area contributed by atoms with Crippen LogP contribution in [0.3, 0.4) is 0 Å². The Morgan fingerprint density at radius 3 is 2.22 bits per heavy atom. The molecule has 0 saturated carbocycles. The molecule has 3 rings (SSSR count). The molecule has 0 radical (unpaired) electrons. The maximum absolute atomic E-state index is 8.83. The molecule has 1 aliphatic rings. The third-order valence-corrected chi connectivity index (χ3v) is 5.34.